The van der Waals surface area contributed by atoms with Gasteiger partial charge in [-0.25, -0.2) is 4.79 Å². The maximum absolute atomic E-state index is 14.1. The summed E-state index contributed by atoms with van der Waals surface area (Å²) in [5.41, 5.74) is 19.8. The van der Waals surface area contributed by atoms with Gasteiger partial charge in [-0.1, -0.05) is 54.6 Å². The molecule has 0 heterocycles. The van der Waals surface area contributed by atoms with Crippen molar-refractivity contribution in [1.82, 2.24) is 31.9 Å². The van der Waals surface area contributed by atoms with Crippen LogP contribution in [0.2, 0.25) is 0 Å². The molecule has 14 N–H and O–H groups in total. The highest BCUT2D eigenvalue weighted by Crippen LogP contribution is 2.17. The lowest BCUT2D eigenvalue weighted by Gasteiger charge is -2.26. The van der Waals surface area contributed by atoms with Gasteiger partial charge in [0.05, 0.1) is 19.1 Å². The van der Waals surface area contributed by atoms with Crippen LogP contribution in [0.4, 0.5) is 5.69 Å². The molecule has 0 aliphatic rings. The summed E-state index contributed by atoms with van der Waals surface area (Å²) in [6.07, 6.45) is 2.16. The molecule has 0 aliphatic heterocycles. The summed E-state index contributed by atoms with van der Waals surface area (Å²) < 4.78 is 0. The minimum atomic E-state index is -1.39. The molecule has 20 nitrogen and oxygen atoms in total. The van der Waals surface area contributed by atoms with E-state index in [1.807, 2.05) is 17.0 Å². The summed E-state index contributed by atoms with van der Waals surface area (Å²) in [7, 11) is 0. The van der Waals surface area contributed by atoms with Crippen molar-refractivity contribution in [2.45, 2.75) is 68.7 Å². The lowest BCUT2D eigenvalue weighted by molar-refractivity contribution is -0.142. The molecule has 0 spiro atoms. The fraction of sp³-hybridized carbons (Fsp3) is 0.435. The number of aromatic hydroxyl groups is 1. The second kappa shape index (κ2) is 31.0. The number of carboxylic acid groups (broad SMARTS) is 1. The number of carbonyl (C=O) groups is 7. The summed E-state index contributed by atoms with van der Waals surface area (Å²) >= 11 is 13.3. The smallest absolute Gasteiger partial charge is 0.326 e. The summed E-state index contributed by atoms with van der Waals surface area (Å²) in [5.74, 6) is -4.63. The number of aliphatic carboxylic acids is 1. The van der Waals surface area contributed by atoms with Gasteiger partial charge in [0.15, 0.2) is 5.96 Å². The van der Waals surface area contributed by atoms with Gasteiger partial charge in [-0.05, 0) is 78.6 Å². The van der Waals surface area contributed by atoms with Gasteiger partial charge in [-0.3, -0.25) is 33.8 Å². The van der Waals surface area contributed by atoms with Crippen molar-refractivity contribution >= 4 is 88.0 Å². The molecule has 5 atom stereocenters. The number of phenols is 1. The number of carbonyl (C=O) groups excluding carboxylic acids is 6. The first kappa shape index (κ1) is 57.0. The zero-order valence-electron chi connectivity index (χ0n) is 38.3. The number of amides is 6. The summed E-state index contributed by atoms with van der Waals surface area (Å²) in [5, 5.41) is 35.0. The van der Waals surface area contributed by atoms with Crippen LogP contribution in [0.5, 0.6) is 5.75 Å². The number of nitrogens with one attached hydrogen (secondary N) is 6. The normalized spacial score (nSPS) is 13.0. The standard InChI is InChI=1S/C46H63Cl2N11O9S/c1-69-23-17-36(43(65)56-35(8-5-20-52-46(50)51)42(64)58-38(45(67)68)26-31-9-13-32(14-10-31)59(21-18-47)22-19-48)57-44(66)37(25-29-6-3-2-4-7-29)55-40(62)28-53-39(61)27-54-41(63)34(49)24-30-11-15-33(60)16-12-30/h2-4,6-7,9-16,34-38,60H,5,8,17-28,49H2,1H3,(H,53,61)(H,54,63)(H,55,62)(H,56,65)(H,57,66)(H,58,64)(H,67,68)(H4,50,51,52)/t34-,35-,36-,37-,38-/m0/s1. The molecule has 23 heteroatoms. The maximum atomic E-state index is 14.1. The first-order chi connectivity index (χ1) is 33.0. The van der Waals surface area contributed by atoms with Crippen LogP contribution < -0.4 is 54.0 Å². The van der Waals surface area contributed by atoms with Gasteiger partial charge in [0, 0.05) is 49.9 Å². The van der Waals surface area contributed by atoms with Gasteiger partial charge in [-0.2, -0.15) is 11.8 Å². The molecule has 69 heavy (non-hydrogen) atoms. The topological polar surface area (TPSA) is 326 Å². The highest BCUT2D eigenvalue weighted by molar-refractivity contribution is 7.98. The van der Waals surface area contributed by atoms with Crippen LogP contribution in [0.25, 0.3) is 0 Å². The van der Waals surface area contributed by atoms with Crippen LogP contribution in [0.1, 0.15) is 36.0 Å². The molecular weight excluding hydrogens is 954 g/mol. The highest BCUT2D eigenvalue weighted by atomic mass is 35.5. The number of nitrogens with two attached hydrogens (primary N) is 3. The average molecular weight is 1020 g/mol. The minimum Gasteiger partial charge on any atom is -0.508 e. The van der Waals surface area contributed by atoms with Crippen molar-refractivity contribution in [2.75, 3.05) is 61.4 Å². The number of halogens is 2. The van der Waals surface area contributed by atoms with Crippen LogP contribution in [0.3, 0.4) is 0 Å². The third kappa shape index (κ3) is 21.7. The number of nitrogens with zero attached hydrogens (tertiary/aromatic N) is 2. The fourth-order valence-electron chi connectivity index (χ4n) is 6.77. The zero-order chi connectivity index (χ0) is 50.7. The van der Waals surface area contributed by atoms with Gasteiger partial charge >= 0.3 is 5.97 Å². The second-order valence-electron chi connectivity index (χ2n) is 15.8. The molecule has 3 aromatic rings. The molecule has 0 radical (unpaired) electrons. The summed E-state index contributed by atoms with van der Waals surface area (Å²) in [4.78, 5) is 98.7. The Hall–Kier alpha value is -6.29. The molecule has 0 bridgehead atoms. The van der Waals surface area contributed by atoms with Gasteiger partial charge in [-0.15, -0.1) is 23.2 Å². The molecule has 0 saturated carbocycles. The Kier molecular flexibility index (Phi) is 25.6. The van der Waals surface area contributed by atoms with Crippen molar-refractivity contribution in [3.05, 3.63) is 95.6 Å². The number of thioether (sulfide) groups is 1. The molecule has 6 amide bonds. The highest BCUT2D eigenvalue weighted by Gasteiger charge is 2.32. The van der Waals surface area contributed by atoms with E-state index in [1.165, 1.54) is 23.9 Å². The first-order valence-electron chi connectivity index (χ1n) is 22.1. The van der Waals surface area contributed by atoms with E-state index in [-0.39, 0.29) is 56.8 Å². The number of carboxylic acids is 1. The number of guanidine groups is 1. The van der Waals surface area contributed by atoms with E-state index in [0.29, 0.717) is 47.3 Å². The number of phenolic OH excluding ortho intramolecular Hbond substituents is 1. The zero-order valence-corrected chi connectivity index (χ0v) is 40.7. The maximum Gasteiger partial charge on any atom is 0.326 e. The van der Waals surface area contributed by atoms with Crippen molar-refractivity contribution in [2.24, 2.45) is 22.2 Å². The van der Waals surface area contributed by atoms with Gasteiger partial charge < -0.3 is 64.2 Å². The predicted molar refractivity (Wildman–Crippen MR) is 268 cm³/mol. The third-order valence-corrected chi connectivity index (χ3v) is 11.4. The largest absolute Gasteiger partial charge is 0.508 e. The van der Waals surface area contributed by atoms with Crippen molar-refractivity contribution < 1.29 is 43.8 Å². The minimum absolute atomic E-state index is 0.00751. The average Bonchev–Trinajstić information content (AvgIpc) is 3.32. The third-order valence-electron chi connectivity index (χ3n) is 10.4. The summed E-state index contributed by atoms with van der Waals surface area (Å²) in [6, 6.07) is 15.9. The number of alkyl halides is 2. The van der Waals surface area contributed by atoms with Crippen LogP contribution in [0.15, 0.2) is 83.9 Å². The van der Waals surface area contributed by atoms with Crippen LogP contribution >= 0.6 is 35.0 Å². The van der Waals surface area contributed by atoms with E-state index in [4.69, 9.17) is 40.4 Å². The molecule has 0 saturated heterocycles. The van der Waals surface area contributed by atoms with E-state index < -0.39 is 84.7 Å². The van der Waals surface area contributed by atoms with E-state index in [9.17, 15) is 43.8 Å². The Balaban J connectivity index is 1.72. The molecule has 3 aromatic carbocycles. The van der Waals surface area contributed by atoms with Gasteiger partial charge in [0.2, 0.25) is 35.4 Å². The Bertz CT molecular complexity index is 2150. The number of hydrogen-bond donors (Lipinski definition) is 11. The van der Waals surface area contributed by atoms with Crippen molar-refractivity contribution in [1.29, 1.82) is 0 Å². The van der Waals surface area contributed by atoms with Crippen molar-refractivity contribution in [3.63, 3.8) is 0 Å². The number of rotatable bonds is 31. The number of benzene rings is 3. The number of anilines is 1. The lowest BCUT2D eigenvalue weighted by atomic mass is 10.0. The van der Waals surface area contributed by atoms with Crippen molar-refractivity contribution in [3.8, 4) is 5.75 Å². The molecule has 0 aromatic heterocycles. The Morgan fingerprint density at radius 2 is 1.17 bits per heavy atom. The Morgan fingerprint density at radius 1 is 0.652 bits per heavy atom. The van der Waals surface area contributed by atoms with E-state index >= 15 is 0 Å². The second-order valence-corrected chi connectivity index (χ2v) is 17.5. The lowest BCUT2D eigenvalue weighted by Crippen LogP contribution is -2.58. The van der Waals surface area contributed by atoms with Gasteiger partial charge in [0.25, 0.3) is 0 Å². The van der Waals surface area contributed by atoms with Crippen LogP contribution in [-0.2, 0) is 52.8 Å². The molecule has 0 unspecified atom stereocenters. The quantitative estimate of drug-likeness (QED) is 0.0176. The van der Waals surface area contributed by atoms with E-state index in [0.717, 1.165) is 5.69 Å². The van der Waals surface area contributed by atoms with Gasteiger partial charge in [0.1, 0.15) is 29.9 Å². The van der Waals surface area contributed by atoms with E-state index in [2.05, 4.69) is 36.9 Å². The first-order valence-corrected chi connectivity index (χ1v) is 24.5. The van der Waals surface area contributed by atoms with Crippen LogP contribution in [-0.4, -0.2) is 144 Å². The molecule has 0 fully saturated rings. The molecular formula is C46H63Cl2N11O9S. The molecule has 376 valence electrons. The molecule has 0 aliphatic carbocycles. The number of hydrogen-bond acceptors (Lipinski definition) is 12. The molecule has 3 rings (SSSR count). The van der Waals surface area contributed by atoms with E-state index in [1.54, 1.807) is 60.9 Å². The summed E-state index contributed by atoms with van der Waals surface area (Å²) in [6.45, 7) is 0.153. The Labute approximate surface area is 415 Å². The predicted octanol–water partition coefficient (Wildman–Crippen LogP) is 0.0943. The van der Waals surface area contributed by atoms with Crippen LogP contribution in [0, 0.1) is 0 Å². The SMILES string of the molecule is CSCC[C@H](NC(=O)[C@H](Cc1ccccc1)NC(=O)CNC(=O)CNC(=O)[C@@H](N)Cc1ccc(O)cc1)C(=O)N[C@@H](CCCN=C(N)N)C(=O)N[C@@H](Cc1ccc(N(CCCl)CCCl)cc1)C(=O)O. The monoisotopic (exact) mass is 1020 g/mol. The fourth-order valence-corrected chi connectivity index (χ4v) is 7.65. The number of aliphatic imine (C=N–C) groups is 1. The Morgan fingerprint density at radius 3 is 1.75 bits per heavy atom.